The molecule has 27 heavy (non-hydrogen) atoms. The maximum absolute atomic E-state index is 13.2. The largest absolute Gasteiger partial charge is 0.497 e. The summed E-state index contributed by atoms with van der Waals surface area (Å²) in [6.07, 6.45) is 0. The maximum Gasteiger partial charge on any atom is 0.322 e. The van der Waals surface area contributed by atoms with Gasteiger partial charge >= 0.3 is 6.03 Å². The highest BCUT2D eigenvalue weighted by molar-refractivity contribution is 6.11. The summed E-state index contributed by atoms with van der Waals surface area (Å²) in [5.74, 6) is 0.0614. The van der Waals surface area contributed by atoms with Crippen molar-refractivity contribution < 1.29 is 18.7 Å². The maximum atomic E-state index is 13.2. The molecule has 2 aromatic rings. The van der Waals surface area contributed by atoms with Crippen molar-refractivity contribution in [2.24, 2.45) is 0 Å². The highest BCUT2D eigenvalue weighted by Gasteiger charge is 2.43. The summed E-state index contributed by atoms with van der Waals surface area (Å²) in [5, 5.41) is 2.88. The number of urea groups is 1. The molecule has 138 valence electrons. The Morgan fingerprint density at radius 1 is 1.15 bits per heavy atom. The molecular formula is C20H18FN3O3. The van der Waals surface area contributed by atoms with Crippen LogP contribution in [0.5, 0.6) is 5.75 Å². The van der Waals surface area contributed by atoms with Gasteiger partial charge in [0.2, 0.25) is 0 Å². The van der Waals surface area contributed by atoms with E-state index in [1.807, 2.05) is 12.1 Å². The molecule has 0 aliphatic carbocycles. The van der Waals surface area contributed by atoms with Gasteiger partial charge in [0.1, 0.15) is 11.6 Å². The quantitative estimate of drug-likeness (QED) is 0.907. The number of carbonyl (C=O) groups is 2. The fourth-order valence-electron chi connectivity index (χ4n) is 3.47. The van der Waals surface area contributed by atoms with Crippen LogP contribution in [0.1, 0.15) is 11.6 Å². The standard InChI is InChI=1S/C20H18FN3O3/c1-23-16-11-24(14-8-6-13(21)7-9-14)19(25)17(16)18(22-20(23)26)12-4-3-5-15(10-12)27-2/h3-10,18H,11H2,1-2H3,(H,22,26). The second-order valence-corrected chi connectivity index (χ2v) is 6.45. The average Bonchev–Trinajstić information content (AvgIpc) is 3.03. The van der Waals surface area contributed by atoms with Crippen LogP contribution in [0.3, 0.4) is 0 Å². The van der Waals surface area contributed by atoms with Gasteiger partial charge in [0.05, 0.1) is 31.0 Å². The molecule has 2 heterocycles. The number of rotatable bonds is 3. The van der Waals surface area contributed by atoms with E-state index in [0.29, 0.717) is 22.7 Å². The van der Waals surface area contributed by atoms with Gasteiger partial charge in [-0.15, -0.1) is 0 Å². The number of methoxy groups -OCH3 is 1. The first-order valence-electron chi connectivity index (χ1n) is 8.48. The van der Waals surface area contributed by atoms with E-state index in [2.05, 4.69) is 5.32 Å². The van der Waals surface area contributed by atoms with E-state index in [1.54, 1.807) is 43.3 Å². The minimum atomic E-state index is -0.572. The fourth-order valence-corrected chi connectivity index (χ4v) is 3.47. The van der Waals surface area contributed by atoms with Crippen LogP contribution in [0.25, 0.3) is 0 Å². The summed E-state index contributed by atoms with van der Waals surface area (Å²) in [6.45, 7) is 0.254. The predicted molar refractivity (Wildman–Crippen MR) is 97.8 cm³/mol. The molecular weight excluding hydrogens is 349 g/mol. The number of hydrogen-bond acceptors (Lipinski definition) is 3. The van der Waals surface area contributed by atoms with Crippen LogP contribution >= 0.6 is 0 Å². The fraction of sp³-hybridized carbons (Fsp3) is 0.200. The highest BCUT2D eigenvalue weighted by Crippen LogP contribution is 2.38. The summed E-state index contributed by atoms with van der Waals surface area (Å²) in [6, 6.07) is 12.1. The van der Waals surface area contributed by atoms with E-state index in [1.165, 1.54) is 17.0 Å². The molecule has 7 heteroatoms. The SMILES string of the molecule is COc1cccc(C2NC(=O)N(C)C3=C2C(=O)N(c2ccc(F)cc2)C3)c1. The number of nitrogens with zero attached hydrogens (tertiary/aromatic N) is 2. The Morgan fingerprint density at radius 2 is 1.89 bits per heavy atom. The molecule has 1 N–H and O–H groups in total. The number of anilines is 1. The Balaban J connectivity index is 1.75. The molecule has 2 aliphatic rings. The summed E-state index contributed by atoms with van der Waals surface area (Å²) in [5.41, 5.74) is 2.49. The van der Waals surface area contributed by atoms with Crippen molar-refractivity contribution in [1.82, 2.24) is 10.2 Å². The molecule has 6 nitrogen and oxygen atoms in total. The zero-order chi connectivity index (χ0) is 19.1. The molecule has 2 aromatic carbocycles. The first-order valence-corrected chi connectivity index (χ1v) is 8.48. The van der Waals surface area contributed by atoms with Crippen LogP contribution in [-0.2, 0) is 4.79 Å². The third-order valence-electron chi connectivity index (χ3n) is 4.93. The van der Waals surface area contributed by atoms with Gasteiger partial charge in [-0.25, -0.2) is 9.18 Å². The molecule has 1 unspecified atom stereocenters. The summed E-state index contributed by atoms with van der Waals surface area (Å²) < 4.78 is 18.5. The molecule has 2 aliphatic heterocycles. The smallest absolute Gasteiger partial charge is 0.322 e. The molecule has 0 saturated carbocycles. The zero-order valence-corrected chi connectivity index (χ0v) is 14.9. The van der Waals surface area contributed by atoms with Gasteiger partial charge in [-0.2, -0.15) is 0 Å². The molecule has 4 rings (SSSR count). The van der Waals surface area contributed by atoms with Gasteiger partial charge in [0.15, 0.2) is 0 Å². The molecule has 0 fully saturated rings. The van der Waals surface area contributed by atoms with Gasteiger partial charge in [0.25, 0.3) is 5.91 Å². The second-order valence-electron chi connectivity index (χ2n) is 6.45. The topological polar surface area (TPSA) is 61.9 Å². The van der Waals surface area contributed by atoms with Crippen LogP contribution in [0.2, 0.25) is 0 Å². The lowest BCUT2D eigenvalue weighted by Gasteiger charge is -2.31. The summed E-state index contributed by atoms with van der Waals surface area (Å²) >= 11 is 0. The number of hydrogen-bond donors (Lipinski definition) is 1. The zero-order valence-electron chi connectivity index (χ0n) is 14.9. The Kier molecular flexibility index (Phi) is 4.07. The second kappa shape index (κ2) is 6.42. The lowest BCUT2D eigenvalue weighted by molar-refractivity contribution is -0.114. The van der Waals surface area contributed by atoms with Crippen molar-refractivity contribution >= 4 is 17.6 Å². The van der Waals surface area contributed by atoms with E-state index in [4.69, 9.17) is 4.74 Å². The number of halogens is 1. The van der Waals surface area contributed by atoms with Crippen molar-refractivity contribution in [1.29, 1.82) is 0 Å². The van der Waals surface area contributed by atoms with Crippen molar-refractivity contribution in [3.05, 3.63) is 71.2 Å². The third-order valence-corrected chi connectivity index (χ3v) is 4.93. The lowest BCUT2D eigenvalue weighted by atomic mass is 9.95. The number of ether oxygens (including phenoxy) is 1. The van der Waals surface area contributed by atoms with Crippen LogP contribution in [0.4, 0.5) is 14.9 Å². The molecule has 0 saturated heterocycles. The minimum Gasteiger partial charge on any atom is -0.497 e. The van der Waals surface area contributed by atoms with Crippen LogP contribution in [0, 0.1) is 5.82 Å². The normalized spacial score (nSPS) is 19.3. The third kappa shape index (κ3) is 2.81. The lowest BCUT2D eigenvalue weighted by Crippen LogP contribution is -2.45. The summed E-state index contributed by atoms with van der Waals surface area (Å²) in [7, 11) is 3.20. The number of amides is 3. The Bertz CT molecular complexity index is 955. The van der Waals surface area contributed by atoms with Gasteiger partial charge in [-0.3, -0.25) is 9.69 Å². The van der Waals surface area contributed by atoms with Gasteiger partial charge < -0.3 is 15.0 Å². The number of likely N-dealkylation sites (N-methyl/N-ethyl adjacent to an activating group) is 1. The Hall–Kier alpha value is -3.35. The van der Waals surface area contributed by atoms with Crippen LogP contribution < -0.4 is 15.0 Å². The monoisotopic (exact) mass is 367 g/mol. The van der Waals surface area contributed by atoms with Gasteiger partial charge in [0, 0.05) is 12.7 Å². The number of carbonyl (C=O) groups excluding carboxylic acids is 2. The van der Waals surface area contributed by atoms with E-state index < -0.39 is 6.04 Å². The van der Waals surface area contributed by atoms with Crippen molar-refractivity contribution in [2.75, 3.05) is 25.6 Å². The number of benzene rings is 2. The Labute approximate surface area is 155 Å². The predicted octanol–water partition coefficient (Wildman–Crippen LogP) is 2.83. The highest BCUT2D eigenvalue weighted by atomic mass is 19.1. The number of nitrogens with one attached hydrogen (secondary N) is 1. The first kappa shape index (κ1) is 17.1. The average molecular weight is 367 g/mol. The molecule has 1 atom stereocenters. The van der Waals surface area contributed by atoms with E-state index in [0.717, 1.165) is 5.56 Å². The molecule has 3 amide bonds. The van der Waals surface area contributed by atoms with Crippen molar-refractivity contribution in [3.63, 3.8) is 0 Å². The van der Waals surface area contributed by atoms with E-state index >= 15 is 0 Å². The molecule has 0 spiro atoms. The summed E-state index contributed by atoms with van der Waals surface area (Å²) in [4.78, 5) is 28.6. The minimum absolute atomic E-state index is 0.212. The van der Waals surface area contributed by atoms with Gasteiger partial charge in [-0.05, 0) is 42.0 Å². The van der Waals surface area contributed by atoms with Crippen LogP contribution in [0.15, 0.2) is 59.8 Å². The van der Waals surface area contributed by atoms with E-state index in [9.17, 15) is 14.0 Å². The van der Waals surface area contributed by atoms with Gasteiger partial charge in [-0.1, -0.05) is 12.1 Å². The van der Waals surface area contributed by atoms with Crippen molar-refractivity contribution in [3.8, 4) is 5.75 Å². The molecule has 0 radical (unpaired) electrons. The van der Waals surface area contributed by atoms with Crippen molar-refractivity contribution in [2.45, 2.75) is 6.04 Å². The van der Waals surface area contributed by atoms with E-state index in [-0.39, 0.29) is 24.3 Å². The van der Waals surface area contributed by atoms with Crippen LogP contribution in [-0.4, -0.2) is 37.5 Å². The molecule has 0 aromatic heterocycles. The molecule has 0 bridgehead atoms. The Morgan fingerprint density at radius 3 is 2.59 bits per heavy atom. The first-order chi connectivity index (χ1) is 13.0.